The summed E-state index contributed by atoms with van der Waals surface area (Å²) in [5.74, 6) is 0. The average Bonchev–Trinajstić information content (AvgIpc) is 2.35. The van der Waals surface area contributed by atoms with Crippen molar-refractivity contribution in [1.29, 1.82) is 0 Å². The number of urea groups is 1. The summed E-state index contributed by atoms with van der Waals surface area (Å²) in [4.78, 5) is 15.7. The van der Waals surface area contributed by atoms with Crippen molar-refractivity contribution in [3.05, 3.63) is 53.3 Å². The van der Waals surface area contributed by atoms with Crippen molar-refractivity contribution >= 4 is 29.0 Å². The number of carbonyl (C=O) groups is 1. The quantitative estimate of drug-likeness (QED) is 0.866. The van der Waals surface area contributed by atoms with Crippen molar-refractivity contribution in [2.75, 3.05) is 10.6 Å². The van der Waals surface area contributed by atoms with Gasteiger partial charge in [-0.2, -0.15) is 0 Å². The summed E-state index contributed by atoms with van der Waals surface area (Å²) < 4.78 is 0. The highest BCUT2D eigenvalue weighted by molar-refractivity contribution is 6.31. The van der Waals surface area contributed by atoms with Crippen molar-refractivity contribution in [3.8, 4) is 0 Å². The highest BCUT2D eigenvalue weighted by Gasteiger charge is 2.05. The highest BCUT2D eigenvalue weighted by Crippen LogP contribution is 2.20. The standard InChI is InChI=1S/C13H12ClN3O/c1-9-4-5-10(14)7-12(9)17-13(18)16-11-3-2-6-15-8-11/h2-8H,1H3,(H2,16,17,18). The molecule has 5 heteroatoms. The molecule has 0 aliphatic heterocycles. The maximum atomic E-state index is 11.8. The SMILES string of the molecule is Cc1ccc(Cl)cc1NC(=O)Nc1cccnc1. The third-order valence-corrected chi connectivity index (χ3v) is 2.60. The number of rotatable bonds is 2. The third kappa shape index (κ3) is 3.21. The first-order chi connectivity index (χ1) is 8.65. The van der Waals surface area contributed by atoms with Crippen LogP contribution in [-0.4, -0.2) is 11.0 Å². The van der Waals surface area contributed by atoms with E-state index in [4.69, 9.17) is 11.6 Å². The van der Waals surface area contributed by atoms with Crippen LogP contribution >= 0.6 is 11.6 Å². The maximum absolute atomic E-state index is 11.8. The Morgan fingerprint density at radius 2 is 2.11 bits per heavy atom. The minimum Gasteiger partial charge on any atom is -0.307 e. The Morgan fingerprint density at radius 3 is 2.83 bits per heavy atom. The fraction of sp³-hybridized carbons (Fsp3) is 0.0769. The summed E-state index contributed by atoms with van der Waals surface area (Å²) in [6.45, 7) is 1.90. The lowest BCUT2D eigenvalue weighted by Gasteiger charge is -2.09. The largest absolute Gasteiger partial charge is 0.323 e. The van der Waals surface area contributed by atoms with Gasteiger partial charge in [0.15, 0.2) is 0 Å². The Kier molecular flexibility index (Phi) is 3.79. The number of hydrogen-bond acceptors (Lipinski definition) is 2. The Hall–Kier alpha value is -2.07. The van der Waals surface area contributed by atoms with Crippen molar-refractivity contribution in [3.63, 3.8) is 0 Å². The fourth-order valence-electron chi connectivity index (χ4n) is 1.45. The number of pyridine rings is 1. The first-order valence-corrected chi connectivity index (χ1v) is 5.77. The van der Waals surface area contributed by atoms with Crippen LogP contribution in [0.2, 0.25) is 5.02 Å². The number of benzene rings is 1. The first kappa shape index (κ1) is 12.4. The van der Waals surface area contributed by atoms with Gasteiger partial charge in [0.05, 0.1) is 11.9 Å². The van der Waals surface area contributed by atoms with Crippen LogP contribution in [0.25, 0.3) is 0 Å². The van der Waals surface area contributed by atoms with Gasteiger partial charge in [-0.15, -0.1) is 0 Å². The molecule has 2 aromatic rings. The molecule has 1 aromatic carbocycles. The summed E-state index contributed by atoms with van der Waals surface area (Å²) >= 11 is 5.88. The van der Waals surface area contributed by atoms with Gasteiger partial charge < -0.3 is 10.6 Å². The summed E-state index contributed by atoms with van der Waals surface area (Å²) in [7, 11) is 0. The van der Waals surface area contributed by atoms with Gasteiger partial charge in [0.1, 0.15) is 0 Å². The van der Waals surface area contributed by atoms with Crippen LogP contribution in [0.4, 0.5) is 16.2 Å². The zero-order valence-corrected chi connectivity index (χ0v) is 10.5. The number of amides is 2. The van der Waals surface area contributed by atoms with Gasteiger partial charge >= 0.3 is 6.03 Å². The van der Waals surface area contributed by atoms with Crippen LogP contribution in [0.3, 0.4) is 0 Å². The van der Waals surface area contributed by atoms with E-state index in [0.29, 0.717) is 16.4 Å². The van der Waals surface area contributed by atoms with Crippen LogP contribution in [0, 0.1) is 6.92 Å². The van der Waals surface area contributed by atoms with E-state index in [-0.39, 0.29) is 6.03 Å². The predicted octanol–water partition coefficient (Wildman–Crippen LogP) is 3.69. The minimum atomic E-state index is -0.326. The second-order valence-corrected chi connectivity index (χ2v) is 4.22. The van der Waals surface area contributed by atoms with E-state index in [1.807, 2.05) is 13.0 Å². The molecule has 1 aromatic heterocycles. The molecule has 92 valence electrons. The summed E-state index contributed by atoms with van der Waals surface area (Å²) in [6, 6.07) is 8.52. The molecule has 0 fully saturated rings. The number of aryl methyl sites for hydroxylation is 1. The number of carbonyl (C=O) groups excluding carboxylic acids is 1. The normalized spacial score (nSPS) is 9.89. The lowest BCUT2D eigenvalue weighted by molar-refractivity contribution is 0.262. The zero-order valence-electron chi connectivity index (χ0n) is 9.77. The second kappa shape index (κ2) is 5.51. The van der Waals surface area contributed by atoms with E-state index >= 15 is 0 Å². The van der Waals surface area contributed by atoms with Gasteiger partial charge in [-0.25, -0.2) is 4.79 Å². The molecule has 0 atom stereocenters. The average molecular weight is 262 g/mol. The Bertz CT molecular complexity index is 557. The number of halogens is 1. The van der Waals surface area contributed by atoms with Crippen molar-refractivity contribution in [1.82, 2.24) is 4.98 Å². The van der Waals surface area contributed by atoms with Gasteiger partial charge in [0, 0.05) is 16.9 Å². The van der Waals surface area contributed by atoms with E-state index in [1.54, 1.807) is 36.7 Å². The van der Waals surface area contributed by atoms with Crippen LogP contribution in [0.15, 0.2) is 42.7 Å². The summed E-state index contributed by atoms with van der Waals surface area (Å²) in [5.41, 5.74) is 2.26. The smallest absolute Gasteiger partial charge is 0.307 e. The summed E-state index contributed by atoms with van der Waals surface area (Å²) in [5, 5.41) is 6.00. The van der Waals surface area contributed by atoms with E-state index in [1.165, 1.54) is 0 Å². The lowest BCUT2D eigenvalue weighted by atomic mass is 10.2. The number of nitrogens with one attached hydrogen (secondary N) is 2. The van der Waals surface area contributed by atoms with Gasteiger partial charge in [-0.1, -0.05) is 17.7 Å². The molecule has 0 aliphatic rings. The van der Waals surface area contributed by atoms with Crippen LogP contribution < -0.4 is 10.6 Å². The molecule has 4 nitrogen and oxygen atoms in total. The molecular formula is C13H12ClN3O. The van der Waals surface area contributed by atoms with E-state index in [9.17, 15) is 4.79 Å². The monoisotopic (exact) mass is 261 g/mol. The number of aromatic nitrogens is 1. The highest BCUT2D eigenvalue weighted by atomic mass is 35.5. The minimum absolute atomic E-state index is 0.326. The van der Waals surface area contributed by atoms with E-state index in [0.717, 1.165) is 5.56 Å². The number of nitrogens with zero attached hydrogens (tertiary/aromatic N) is 1. The molecule has 0 aliphatic carbocycles. The second-order valence-electron chi connectivity index (χ2n) is 3.78. The molecule has 2 N–H and O–H groups in total. The van der Waals surface area contributed by atoms with Crippen molar-refractivity contribution in [2.45, 2.75) is 6.92 Å². The van der Waals surface area contributed by atoms with Gasteiger partial charge in [0.25, 0.3) is 0 Å². The van der Waals surface area contributed by atoms with Crippen molar-refractivity contribution < 1.29 is 4.79 Å². The third-order valence-electron chi connectivity index (χ3n) is 2.37. The predicted molar refractivity (Wildman–Crippen MR) is 73.1 cm³/mol. The van der Waals surface area contributed by atoms with E-state index in [2.05, 4.69) is 15.6 Å². The molecule has 0 saturated heterocycles. The van der Waals surface area contributed by atoms with E-state index < -0.39 is 0 Å². The van der Waals surface area contributed by atoms with Gasteiger partial charge in [0.2, 0.25) is 0 Å². The number of anilines is 2. The topological polar surface area (TPSA) is 54.0 Å². The zero-order chi connectivity index (χ0) is 13.0. The molecule has 18 heavy (non-hydrogen) atoms. The molecule has 2 amide bonds. The molecule has 0 spiro atoms. The maximum Gasteiger partial charge on any atom is 0.323 e. The molecule has 0 bridgehead atoms. The Morgan fingerprint density at radius 1 is 1.28 bits per heavy atom. The molecule has 2 rings (SSSR count). The fourth-order valence-corrected chi connectivity index (χ4v) is 1.62. The summed E-state index contributed by atoms with van der Waals surface area (Å²) in [6.07, 6.45) is 3.22. The van der Waals surface area contributed by atoms with Crippen LogP contribution in [0.1, 0.15) is 5.56 Å². The Labute approximate surface area is 110 Å². The Balaban J connectivity index is 2.05. The molecular weight excluding hydrogens is 250 g/mol. The molecule has 0 saturated carbocycles. The lowest BCUT2D eigenvalue weighted by Crippen LogP contribution is -2.19. The van der Waals surface area contributed by atoms with Gasteiger partial charge in [-0.3, -0.25) is 4.98 Å². The van der Waals surface area contributed by atoms with Crippen LogP contribution in [-0.2, 0) is 0 Å². The first-order valence-electron chi connectivity index (χ1n) is 5.39. The van der Waals surface area contributed by atoms with Gasteiger partial charge in [-0.05, 0) is 36.8 Å². The number of hydrogen-bond donors (Lipinski definition) is 2. The van der Waals surface area contributed by atoms with Crippen molar-refractivity contribution in [2.24, 2.45) is 0 Å². The molecule has 0 radical (unpaired) electrons. The molecule has 0 unspecified atom stereocenters. The molecule has 1 heterocycles. The van der Waals surface area contributed by atoms with Crippen LogP contribution in [0.5, 0.6) is 0 Å².